The van der Waals surface area contributed by atoms with Gasteiger partial charge in [-0.1, -0.05) is 12.1 Å². The third kappa shape index (κ3) is 4.65. The summed E-state index contributed by atoms with van der Waals surface area (Å²) in [5.41, 5.74) is -2.87. The van der Waals surface area contributed by atoms with Gasteiger partial charge in [0.25, 0.3) is 0 Å². The molecule has 1 amide bonds. The van der Waals surface area contributed by atoms with Crippen LogP contribution in [0.25, 0.3) is 0 Å². The highest BCUT2D eigenvalue weighted by Gasteiger charge is 2.49. The van der Waals surface area contributed by atoms with E-state index < -0.39 is 76.5 Å². The maximum Gasteiger partial charge on any atom is 0.217 e. The normalized spacial score (nSPS) is 29.7. The highest BCUT2D eigenvalue weighted by atomic mass is 16.7. The van der Waals surface area contributed by atoms with Gasteiger partial charge in [-0.3, -0.25) is 14.4 Å². The van der Waals surface area contributed by atoms with Crippen molar-refractivity contribution in [2.24, 2.45) is 0 Å². The van der Waals surface area contributed by atoms with E-state index in [1.54, 1.807) is 6.92 Å². The molecule has 2 aromatic carbocycles. The van der Waals surface area contributed by atoms with Gasteiger partial charge in [0, 0.05) is 42.9 Å². The third-order valence-electron chi connectivity index (χ3n) is 8.29. The summed E-state index contributed by atoms with van der Waals surface area (Å²) >= 11 is 0. The number of hydrogen-bond acceptors (Lipinski definition) is 11. The first-order valence-electron chi connectivity index (χ1n) is 13.3. The average Bonchev–Trinajstić information content (AvgIpc) is 2.91. The number of methoxy groups -OCH3 is 1. The van der Waals surface area contributed by atoms with Crippen LogP contribution in [0.3, 0.4) is 0 Å². The maximum absolute atomic E-state index is 13.7. The summed E-state index contributed by atoms with van der Waals surface area (Å²) in [6.07, 6.45) is -6.03. The molecule has 12 heteroatoms. The fourth-order valence-electron chi connectivity index (χ4n) is 6.11. The molecule has 2 aliphatic carbocycles. The number of amides is 1. The average molecular weight is 572 g/mol. The molecule has 0 bridgehead atoms. The summed E-state index contributed by atoms with van der Waals surface area (Å²) in [6.45, 7) is 4.25. The first-order valence-corrected chi connectivity index (χ1v) is 13.3. The minimum atomic E-state index is -1.85. The fourth-order valence-corrected chi connectivity index (χ4v) is 6.11. The number of carbonyl (C=O) groups is 3. The number of phenolic OH excluding ortho intramolecular Hbond substituents is 2. The molecular formula is C29H33NO11. The molecule has 1 heterocycles. The number of nitrogens with one attached hydrogen (secondary N) is 1. The van der Waals surface area contributed by atoms with E-state index in [0.29, 0.717) is 0 Å². The number of carbonyl (C=O) groups excluding carboxylic acids is 3. The van der Waals surface area contributed by atoms with Crippen molar-refractivity contribution in [1.29, 1.82) is 0 Å². The zero-order valence-corrected chi connectivity index (χ0v) is 23.0. The summed E-state index contributed by atoms with van der Waals surface area (Å²) in [7, 11) is 1.34. The van der Waals surface area contributed by atoms with E-state index >= 15 is 0 Å². The highest BCUT2D eigenvalue weighted by molar-refractivity contribution is 6.31. The Morgan fingerprint density at radius 1 is 1.15 bits per heavy atom. The van der Waals surface area contributed by atoms with Crippen molar-refractivity contribution in [3.8, 4) is 17.2 Å². The largest absolute Gasteiger partial charge is 0.507 e. The molecule has 0 aromatic heterocycles. The van der Waals surface area contributed by atoms with E-state index in [4.69, 9.17) is 14.2 Å². The van der Waals surface area contributed by atoms with Crippen LogP contribution in [0.15, 0.2) is 18.2 Å². The van der Waals surface area contributed by atoms with Crippen LogP contribution in [0.2, 0.25) is 0 Å². The van der Waals surface area contributed by atoms with E-state index in [2.05, 4.69) is 5.32 Å². The van der Waals surface area contributed by atoms with Crippen molar-refractivity contribution in [1.82, 2.24) is 5.32 Å². The second-order valence-corrected chi connectivity index (χ2v) is 11.0. The van der Waals surface area contributed by atoms with Crippen molar-refractivity contribution >= 4 is 17.5 Å². The summed E-state index contributed by atoms with van der Waals surface area (Å²) in [4.78, 5) is 39.0. The van der Waals surface area contributed by atoms with Crippen molar-refractivity contribution in [2.45, 2.75) is 82.4 Å². The molecule has 12 nitrogen and oxygen atoms in total. The standard InChI is InChI=1S/C29H33NO11/c1-11-24(33)16(30-13(3)32)8-19(40-11)41-18-10-29(38,12(2)31)9-15-21(18)28(37)23-22(26(15)35)25(34)14-6-5-7-17(39-4)20(14)27(23)36/h5-7,11-12,16,18-19,24,31,33,35,37-38H,8-10H2,1-4H3,(H,30,32)/t11-,12?,16-,18?,19?,24+,29-/m0/s1. The molecule has 3 unspecified atom stereocenters. The van der Waals surface area contributed by atoms with Crippen LogP contribution in [-0.4, -0.2) is 86.4 Å². The van der Waals surface area contributed by atoms with E-state index in [1.165, 1.54) is 39.2 Å². The van der Waals surface area contributed by atoms with Gasteiger partial charge < -0.3 is 45.1 Å². The first kappa shape index (κ1) is 29.0. The number of fused-ring (bicyclic) bond motifs is 3. The van der Waals surface area contributed by atoms with Gasteiger partial charge in [-0.25, -0.2) is 0 Å². The predicted molar refractivity (Wildman–Crippen MR) is 141 cm³/mol. The van der Waals surface area contributed by atoms with Crippen molar-refractivity contribution in [3.05, 3.63) is 51.6 Å². The quantitative estimate of drug-likeness (QED) is 0.239. The zero-order chi connectivity index (χ0) is 30.0. The van der Waals surface area contributed by atoms with Crippen molar-refractivity contribution < 1.29 is 54.1 Å². The van der Waals surface area contributed by atoms with E-state index in [-0.39, 0.29) is 53.2 Å². The van der Waals surface area contributed by atoms with E-state index in [1.807, 2.05) is 0 Å². The van der Waals surface area contributed by atoms with Crippen LogP contribution < -0.4 is 10.1 Å². The molecule has 6 N–H and O–H groups in total. The lowest BCUT2D eigenvalue weighted by Crippen LogP contribution is -2.55. The minimum Gasteiger partial charge on any atom is -0.507 e. The molecule has 220 valence electrons. The lowest BCUT2D eigenvalue weighted by atomic mass is 9.71. The van der Waals surface area contributed by atoms with Gasteiger partial charge in [0.05, 0.1) is 53.8 Å². The van der Waals surface area contributed by atoms with Crippen LogP contribution in [0, 0.1) is 0 Å². The molecule has 7 atom stereocenters. The molecule has 0 spiro atoms. The Bertz CT molecular complexity index is 1440. The van der Waals surface area contributed by atoms with Gasteiger partial charge in [-0.15, -0.1) is 0 Å². The number of benzene rings is 2. The smallest absolute Gasteiger partial charge is 0.217 e. The number of phenols is 2. The Balaban J connectivity index is 1.64. The monoisotopic (exact) mass is 571 g/mol. The van der Waals surface area contributed by atoms with Crippen LogP contribution in [0.4, 0.5) is 0 Å². The lowest BCUT2D eigenvalue weighted by molar-refractivity contribution is -0.252. The minimum absolute atomic E-state index is 0.00367. The predicted octanol–water partition coefficient (Wildman–Crippen LogP) is 0.998. The number of hydrogen-bond donors (Lipinski definition) is 6. The molecule has 2 aromatic rings. The van der Waals surface area contributed by atoms with Gasteiger partial charge in [-0.05, 0) is 19.9 Å². The summed E-state index contributed by atoms with van der Waals surface area (Å²) < 4.78 is 17.3. The van der Waals surface area contributed by atoms with Gasteiger partial charge in [-0.2, -0.15) is 0 Å². The SMILES string of the molecule is COc1cccc2c1C(=O)c1c(O)c3c(c(O)c1C2=O)C[C@@](O)(C(C)O)CC3OC1C[C@H](NC(C)=O)[C@H](O)[C@H](C)O1. The zero-order valence-electron chi connectivity index (χ0n) is 23.0. The van der Waals surface area contributed by atoms with Gasteiger partial charge in [0.2, 0.25) is 11.7 Å². The van der Waals surface area contributed by atoms with Crippen LogP contribution >= 0.6 is 0 Å². The van der Waals surface area contributed by atoms with E-state index in [0.717, 1.165) is 0 Å². The topological polar surface area (TPSA) is 192 Å². The Hall–Kier alpha value is -3.55. The first-order chi connectivity index (χ1) is 19.3. The number of aliphatic hydroxyl groups excluding tert-OH is 2. The van der Waals surface area contributed by atoms with Crippen LogP contribution in [0.1, 0.15) is 82.7 Å². The molecule has 1 fully saturated rings. The summed E-state index contributed by atoms with van der Waals surface area (Å²) in [6, 6.07) is 3.71. The fraction of sp³-hybridized carbons (Fsp3) is 0.483. The lowest BCUT2D eigenvalue weighted by Gasteiger charge is -2.44. The molecule has 0 radical (unpaired) electrons. The Morgan fingerprint density at radius 3 is 2.46 bits per heavy atom. The van der Waals surface area contributed by atoms with Gasteiger partial charge in [0.15, 0.2) is 12.1 Å². The Kier molecular flexibility index (Phi) is 7.33. The van der Waals surface area contributed by atoms with Gasteiger partial charge in [0.1, 0.15) is 23.4 Å². The molecular weight excluding hydrogens is 538 g/mol. The summed E-state index contributed by atoms with van der Waals surface area (Å²) in [5.74, 6) is -2.94. The third-order valence-corrected chi connectivity index (χ3v) is 8.29. The highest BCUT2D eigenvalue weighted by Crippen LogP contribution is 2.52. The Labute approximate surface area is 235 Å². The molecule has 5 rings (SSSR count). The van der Waals surface area contributed by atoms with Crippen LogP contribution in [-0.2, 0) is 20.7 Å². The van der Waals surface area contributed by atoms with Crippen molar-refractivity contribution in [3.63, 3.8) is 0 Å². The number of ether oxygens (including phenoxy) is 3. The molecule has 1 aliphatic heterocycles. The number of aliphatic hydroxyl groups is 3. The maximum atomic E-state index is 13.7. The van der Waals surface area contributed by atoms with Gasteiger partial charge >= 0.3 is 0 Å². The second-order valence-electron chi connectivity index (χ2n) is 11.0. The second kappa shape index (κ2) is 10.4. The number of rotatable bonds is 5. The molecule has 3 aliphatic rings. The number of aromatic hydroxyl groups is 2. The Morgan fingerprint density at radius 2 is 1.83 bits per heavy atom. The summed E-state index contributed by atoms with van der Waals surface area (Å²) in [5, 5.41) is 58.0. The molecule has 1 saturated heterocycles. The number of ketones is 2. The van der Waals surface area contributed by atoms with Crippen LogP contribution in [0.5, 0.6) is 17.2 Å². The molecule has 41 heavy (non-hydrogen) atoms. The molecule has 0 saturated carbocycles. The van der Waals surface area contributed by atoms with Crippen molar-refractivity contribution in [2.75, 3.05) is 7.11 Å². The van der Waals surface area contributed by atoms with E-state index in [9.17, 15) is 39.9 Å².